The van der Waals surface area contributed by atoms with E-state index in [1.165, 1.54) is 11.3 Å². The van der Waals surface area contributed by atoms with Gasteiger partial charge in [-0.05, 0) is 36.2 Å². The van der Waals surface area contributed by atoms with Crippen LogP contribution in [-0.4, -0.2) is 27.7 Å². The monoisotopic (exact) mass is 353 g/mol. The Balaban J connectivity index is 2.13. The van der Waals surface area contributed by atoms with Crippen molar-refractivity contribution in [2.24, 2.45) is 0 Å². The molecule has 2 N–H and O–H groups in total. The molecule has 0 amide bonds. The van der Waals surface area contributed by atoms with Crippen molar-refractivity contribution in [2.45, 2.75) is 13.0 Å². The molecule has 114 valence electrons. The summed E-state index contributed by atoms with van der Waals surface area (Å²) in [4.78, 5) is 9.34. The number of hydrogen-bond acceptors (Lipinski definition) is 5. The summed E-state index contributed by atoms with van der Waals surface area (Å²) < 4.78 is 0. The van der Waals surface area contributed by atoms with E-state index in [0.717, 1.165) is 21.3 Å². The number of benzene rings is 1. The van der Waals surface area contributed by atoms with Gasteiger partial charge in [0.05, 0.1) is 11.5 Å². The third-order valence-electron chi connectivity index (χ3n) is 3.13. The summed E-state index contributed by atoms with van der Waals surface area (Å²) in [6.45, 7) is 2.10. The van der Waals surface area contributed by atoms with Crippen LogP contribution in [0.4, 0.5) is 5.82 Å². The molecule has 3 aromatic rings. The fraction of sp³-hybridized carbons (Fsp3) is 0.200. The molecule has 0 radical (unpaired) electrons. The zero-order chi connectivity index (χ0) is 15.7. The van der Waals surface area contributed by atoms with Gasteiger partial charge in [-0.15, -0.1) is 11.3 Å². The highest BCUT2D eigenvalue weighted by atomic mass is 35.5. The number of rotatable bonds is 4. The molecular weight excluding hydrogens is 341 g/mol. The average Bonchev–Trinajstić information content (AvgIpc) is 2.89. The Kier molecular flexibility index (Phi) is 4.49. The van der Waals surface area contributed by atoms with Gasteiger partial charge in [-0.1, -0.05) is 23.7 Å². The number of aliphatic hydroxyl groups is 1. The van der Waals surface area contributed by atoms with Crippen molar-refractivity contribution < 1.29 is 5.11 Å². The fourth-order valence-corrected chi connectivity index (χ4v) is 3.42. The van der Waals surface area contributed by atoms with Gasteiger partial charge in [-0.3, -0.25) is 0 Å². The van der Waals surface area contributed by atoms with Crippen LogP contribution in [0.25, 0.3) is 21.3 Å². The van der Waals surface area contributed by atoms with Crippen molar-refractivity contribution in [1.29, 1.82) is 0 Å². The molecule has 2 heterocycles. The average molecular weight is 354 g/mol. The minimum Gasteiger partial charge on any atom is -0.392 e. The van der Waals surface area contributed by atoms with E-state index in [1.807, 2.05) is 29.6 Å². The first-order valence-corrected chi connectivity index (χ1v) is 8.31. The van der Waals surface area contributed by atoms with Gasteiger partial charge in [-0.2, -0.15) is 0 Å². The van der Waals surface area contributed by atoms with Gasteiger partial charge >= 0.3 is 0 Å². The van der Waals surface area contributed by atoms with Crippen LogP contribution in [-0.2, 0) is 0 Å². The predicted octanol–water partition coefficient (Wildman–Crippen LogP) is 4.46. The van der Waals surface area contributed by atoms with Gasteiger partial charge in [0.25, 0.3) is 0 Å². The maximum Gasteiger partial charge on any atom is 0.225 e. The van der Waals surface area contributed by atoms with Crippen LogP contribution in [0.3, 0.4) is 0 Å². The Bertz CT molecular complexity index is 802. The summed E-state index contributed by atoms with van der Waals surface area (Å²) in [7, 11) is 0. The van der Waals surface area contributed by atoms with Crippen LogP contribution in [0.5, 0.6) is 0 Å². The van der Waals surface area contributed by atoms with Gasteiger partial charge in [0.1, 0.15) is 10.6 Å². The number of anilines is 1. The normalized spacial score (nSPS) is 12.5. The Morgan fingerprint density at radius 1 is 1.23 bits per heavy atom. The summed E-state index contributed by atoms with van der Waals surface area (Å²) in [5.74, 6) is 0.627. The van der Waals surface area contributed by atoms with Crippen LogP contribution >= 0.6 is 34.5 Å². The van der Waals surface area contributed by atoms with Crippen molar-refractivity contribution in [3.63, 3.8) is 0 Å². The molecule has 0 saturated heterocycles. The summed E-state index contributed by atoms with van der Waals surface area (Å²) in [5, 5.41) is 16.4. The zero-order valence-electron chi connectivity index (χ0n) is 11.7. The number of nitrogens with zero attached hydrogens (tertiary/aromatic N) is 2. The lowest BCUT2D eigenvalue weighted by Crippen LogP contribution is -2.16. The van der Waals surface area contributed by atoms with E-state index in [2.05, 4.69) is 15.3 Å². The van der Waals surface area contributed by atoms with E-state index in [0.29, 0.717) is 17.4 Å². The lowest BCUT2D eigenvalue weighted by molar-refractivity contribution is 0.208. The van der Waals surface area contributed by atoms with E-state index in [4.69, 9.17) is 23.2 Å². The summed E-state index contributed by atoms with van der Waals surface area (Å²) >= 11 is 13.4. The SMILES string of the molecule is CC(O)CNc1nc(Cl)nc2scc(-c3ccc(Cl)cc3)c12. The fourth-order valence-electron chi connectivity index (χ4n) is 2.13. The third-order valence-corrected chi connectivity index (χ3v) is 4.42. The molecule has 0 spiro atoms. The minimum absolute atomic E-state index is 0.185. The van der Waals surface area contributed by atoms with Crippen LogP contribution in [0, 0.1) is 0 Å². The maximum absolute atomic E-state index is 9.47. The predicted molar refractivity (Wildman–Crippen MR) is 93.0 cm³/mol. The van der Waals surface area contributed by atoms with E-state index in [-0.39, 0.29) is 5.28 Å². The molecule has 0 fully saturated rings. The number of halogens is 2. The molecule has 0 aliphatic heterocycles. The highest BCUT2D eigenvalue weighted by Crippen LogP contribution is 2.37. The molecule has 2 aromatic heterocycles. The first kappa shape index (κ1) is 15.5. The van der Waals surface area contributed by atoms with Gasteiger partial charge in [-0.25, -0.2) is 9.97 Å². The molecule has 4 nitrogen and oxygen atoms in total. The van der Waals surface area contributed by atoms with Gasteiger partial charge in [0, 0.05) is 22.5 Å². The van der Waals surface area contributed by atoms with E-state index >= 15 is 0 Å². The lowest BCUT2D eigenvalue weighted by Gasteiger charge is -2.10. The molecule has 1 atom stereocenters. The van der Waals surface area contributed by atoms with E-state index in [9.17, 15) is 5.11 Å². The molecule has 7 heteroatoms. The second kappa shape index (κ2) is 6.38. The molecule has 0 aliphatic rings. The molecule has 22 heavy (non-hydrogen) atoms. The van der Waals surface area contributed by atoms with Crippen LogP contribution in [0.15, 0.2) is 29.6 Å². The first-order valence-electron chi connectivity index (χ1n) is 6.67. The lowest BCUT2D eigenvalue weighted by atomic mass is 10.1. The summed E-state index contributed by atoms with van der Waals surface area (Å²) in [5.41, 5.74) is 2.04. The second-order valence-corrected chi connectivity index (χ2v) is 6.54. The maximum atomic E-state index is 9.47. The van der Waals surface area contributed by atoms with Crippen molar-refractivity contribution in [1.82, 2.24) is 9.97 Å². The Morgan fingerprint density at radius 2 is 1.95 bits per heavy atom. The van der Waals surface area contributed by atoms with Crippen molar-refractivity contribution in [3.8, 4) is 11.1 Å². The molecule has 0 bridgehead atoms. The largest absolute Gasteiger partial charge is 0.392 e. The molecule has 3 rings (SSSR count). The van der Waals surface area contributed by atoms with E-state index < -0.39 is 6.10 Å². The van der Waals surface area contributed by atoms with Crippen LogP contribution in [0.1, 0.15) is 6.92 Å². The third kappa shape index (κ3) is 3.17. The second-order valence-electron chi connectivity index (χ2n) is 4.91. The quantitative estimate of drug-likeness (QED) is 0.680. The summed E-state index contributed by atoms with van der Waals surface area (Å²) in [6, 6.07) is 7.61. The van der Waals surface area contributed by atoms with Crippen molar-refractivity contribution in [2.75, 3.05) is 11.9 Å². The summed E-state index contributed by atoms with van der Waals surface area (Å²) in [6.07, 6.45) is -0.485. The van der Waals surface area contributed by atoms with Crippen molar-refractivity contribution in [3.05, 3.63) is 40.0 Å². The van der Waals surface area contributed by atoms with Gasteiger partial charge in [0.2, 0.25) is 5.28 Å². The number of hydrogen-bond donors (Lipinski definition) is 2. The molecule has 1 unspecified atom stereocenters. The Hall–Kier alpha value is -1.40. The molecular formula is C15H13Cl2N3OS. The van der Waals surface area contributed by atoms with E-state index in [1.54, 1.807) is 6.92 Å². The standard InChI is InChI=1S/C15H13Cl2N3OS/c1-8(21)6-18-13-12-11(9-2-4-10(16)5-3-9)7-22-14(12)20-15(17)19-13/h2-5,7-8,21H,6H2,1H3,(H,18,19,20). The molecule has 0 aliphatic carbocycles. The highest BCUT2D eigenvalue weighted by Gasteiger charge is 2.15. The zero-order valence-corrected chi connectivity index (χ0v) is 14.0. The highest BCUT2D eigenvalue weighted by molar-refractivity contribution is 7.17. The number of aromatic nitrogens is 2. The Labute approximate surface area is 141 Å². The Morgan fingerprint density at radius 3 is 2.64 bits per heavy atom. The van der Waals surface area contributed by atoms with Gasteiger partial charge < -0.3 is 10.4 Å². The number of aliphatic hydroxyl groups excluding tert-OH is 1. The van der Waals surface area contributed by atoms with Gasteiger partial charge in [0.15, 0.2) is 0 Å². The number of nitrogens with one attached hydrogen (secondary N) is 1. The molecule has 1 aromatic carbocycles. The number of fused-ring (bicyclic) bond motifs is 1. The minimum atomic E-state index is -0.485. The van der Waals surface area contributed by atoms with Crippen LogP contribution in [0.2, 0.25) is 10.3 Å². The number of thiophene rings is 1. The molecule has 0 saturated carbocycles. The topological polar surface area (TPSA) is 58.0 Å². The smallest absolute Gasteiger partial charge is 0.225 e. The van der Waals surface area contributed by atoms with Crippen molar-refractivity contribution >= 4 is 50.6 Å². The van der Waals surface area contributed by atoms with Crippen LogP contribution < -0.4 is 5.32 Å². The first-order chi connectivity index (χ1) is 10.5.